The lowest BCUT2D eigenvalue weighted by Gasteiger charge is -2.28. The first-order chi connectivity index (χ1) is 10.6. The number of hydrogen-bond acceptors (Lipinski definition) is 4. The summed E-state index contributed by atoms with van der Waals surface area (Å²) in [5, 5.41) is 10.6. The summed E-state index contributed by atoms with van der Waals surface area (Å²) in [5.74, 6) is 0.819. The zero-order valence-corrected chi connectivity index (χ0v) is 13.1. The molecule has 1 heterocycles. The second-order valence-corrected chi connectivity index (χ2v) is 6.05. The van der Waals surface area contributed by atoms with Gasteiger partial charge < -0.3 is 14.4 Å². The maximum absolute atomic E-state index is 10.6. The molecular formula is C17H23N3O2. The number of aliphatic hydroxyl groups excluding tert-OH is 1. The minimum absolute atomic E-state index is 0.107. The van der Waals surface area contributed by atoms with Gasteiger partial charge in [0.2, 0.25) is 0 Å². The van der Waals surface area contributed by atoms with Gasteiger partial charge >= 0.3 is 0 Å². The Kier molecular flexibility index (Phi) is 4.45. The number of ether oxygens (including phenoxy) is 1. The van der Waals surface area contributed by atoms with E-state index in [-0.39, 0.29) is 12.1 Å². The SMILES string of the molecule is CN(Cc1cn(C)cn1)[C@@H]1CC[C@H](Oc2ccccc2)[C@H]1O. The number of imidazole rings is 1. The van der Waals surface area contributed by atoms with Crippen LogP contribution in [0.3, 0.4) is 0 Å². The van der Waals surface area contributed by atoms with Crippen LogP contribution in [0.15, 0.2) is 42.9 Å². The van der Waals surface area contributed by atoms with Gasteiger partial charge in [-0.05, 0) is 32.0 Å². The molecule has 22 heavy (non-hydrogen) atoms. The molecule has 5 nitrogen and oxygen atoms in total. The Hall–Kier alpha value is -1.85. The summed E-state index contributed by atoms with van der Waals surface area (Å²) in [6, 6.07) is 9.81. The van der Waals surface area contributed by atoms with E-state index < -0.39 is 6.10 Å². The van der Waals surface area contributed by atoms with Crippen molar-refractivity contribution in [1.82, 2.24) is 14.5 Å². The number of likely N-dealkylation sites (N-methyl/N-ethyl adjacent to an activating group) is 1. The molecule has 1 aliphatic carbocycles. The molecule has 1 N–H and O–H groups in total. The van der Waals surface area contributed by atoms with Gasteiger partial charge in [-0.1, -0.05) is 18.2 Å². The van der Waals surface area contributed by atoms with Crippen LogP contribution in [-0.4, -0.2) is 44.9 Å². The fourth-order valence-electron chi connectivity index (χ4n) is 3.13. The summed E-state index contributed by atoms with van der Waals surface area (Å²) < 4.78 is 7.87. The van der Waals surface area contributed by atoms with Gasteiger partial charge in [-0.3, -0.25) is 4.90 Å². The van der Waals surface area contributed by atoms with E-state index in [0.29, 0.717) is 0 Å². The highest BCUT2D eigenvalue weighted by atomic mass is 16.5. The Morgan fingerprint density at radius 3 is 2.77 bits per heavy atom. The van der Waals surface area contributed by atoms with E-state index in [0.717, 1.165) is 30.8 Å². The zero-order chi connectivity index (χ0) is 15.5. The molecule has 1 aromatic carbocycles. The number of nitrogens with zero attached hydrogens (tertiary/aromatic N) is 3. The van der Waals surface area contributed by atoms with Crippen molar-refractivity contribution in [2.45, 2.75) is 37.6 Å². The van der Waals surface area contributed by atoms with E-state index in [1.165, 1.54) is 0 Å². The predicted octanol–water partition coefficient (Wildman–Crippen LogP) is 1.82. The van der Waals surface area contributed by atoms with E-state index in [9.17, 15) is 5.11 Å². The van der Waals surface area contributed by atoms with Crippen LogP contribution in [0.4, 0.5) is 0 Å². The van der Waals surface area contributed by atoms with Crippen molar-refractivity contribution in [3.8, 4) is 5.75 Å². The Labute approximate surface area is 131 Å². The molecule has 0 spiro atoms. The largest absolute Gasteiger partial charge is 0.488 e. The van der Waals surface area contributed by atoms with E-state index in [1.54, 1.807) is 6.33 Å². The number of aliphatic hydroxyl groups is 1. The van der Waals surface area contributed by atoms with Crippen molar-refractivity contribution in [1.29, 1.82) is 0 Å². The smallest absolute Gasteiger partial charge is 0.126 e. The molecule has 0 amide bonds. The average molecular weight is 301 g/mol. The summed E-state index contributed by atoms with van der Waals surface area (Å²) in [6.45, 7) is 0.737. The highest BCUT2D eigenvalue weighted by Crippen LogP contribution is 2.28. The third kappa shape index (κ3) is 3.31. The maximum atomic E-state index is 10.6. The number of aryl methyl sites for hydroxylation is 1. The lowest BCUT2D eigenvalue weighted by Crippen LogP contribution is -2.42. The molecule has 1 saturated carbocycles. The van der Waals surface area contributed by atoms with Crippen molar-refractivity contribution >= 4 is 0 Å². The fraction of sp³-hybridized carbons (Fsp3) is 0.471. The first kappa shape index (κ1) is 15.1. The summed E-state index contributed by atoms with van der Waals surface area (Å²) in [5.41, 5.74) is 1.02. The molecule has 1 aliphatic rings. The van der Waals surface area contributed by atoms with Gasteiger partial charge in [0.15, 0.2) is 0 Å². The molecule has 3 rings (SSSR count). The van der Waals surface area contributed by atoms with Crippen LogP contribution in [0.1, 0.15) is 18.5 Å². The average Bonchev–Trinajstić information content (AvgIpc) is 3.07. The standard InChI is InChI=1S/C17H23N3O2/c1-19-10-13(18-12-19)11-20(2)15-8-9-16(17(15)21)22-14-6-4-3-5-7-14/h3-7,10,12,15-17,21H,8-9,11H2,1-2H3/t15-,16+,17+/m1/s1. The normalized spacial score (nSPS) is 24.8. The van der Waals surface area contributed by atoms with Crippen molar-refractivity contribution < 1.29 is 9.84 Å². The summed E-state index contributed by atoms with van der Waals surface area (Å²) in [6.07, 6.45) is 4.99. The number of benzene rings is 1. The monoisotopic (exact) mass is 301 g/mol. The van der Waals surface area contributed by atoms with E-state index >= 15 is 0 Å². The number of hydrogen-bond donors (Lipinski definition) is 1. The van der Waals surface area contributed by atoms with Gasteiger partial charge in [0, 0.05) is 25.8 Å². The first-order valence-corrected chi connectivity index (χ1v) is 7.70. The summed E-state index contributed by atoms with van der Waals surface area (Å²) >= 11 is 0. The lowest BCUT2D eigenvalue weighted by molar-refractivity contribution is 0.0150. The highest BCUT2D eigenvalue weighted by Gasteiger charge is 2.38. The van der Waals surface area contributed by atoms with Crippen molar-refractivity contribution in [2.24, 2.45) is 7.05 Å². The van der Waals surface area contributed by atoms with Crippen LogP contribution >= 0.6 is 0 Å². The van der Waals surface area contributed by atoms with Gasteiger partial charge in [-0.15, -0.1) is 0 Å². The molecule has 118 valence electrons. The molecular weight excluding hydrogens is 278 g/mol. The Morgan fingerprint density at radius 2 is 2.09 bits per heavy atom. The molecule has 3 atom stereocenters. The minimum atomic E-state index is -0.478. The summed E-state index contributed by atoms with van der Waals surface area (Å²) in [4.78, 5) is 6.52. The minimum Gasteiger partial charge on any atom is -0.488 e. The first-order valence-electron chi connectivity index (χ1n) is 7.70. The van der Waals surface area contributed by atoms with E-state index in [1.807, 2.05) is 55.2 Å². The fourth-order valence-corrected chi connectivity index (χ4v) is 3.13. The molecule has 0 radical (unpaired) electrons. The van der Waals surface area contributed by atoms with E-state index in [4.69, 9.17) is 4.74 Å². The Morgan fingerprint density at radius 1 is 1.32 bits per heavy atom. The van der Waals surface area contributed by atoms with Gasteiger partial charge in [0.1, 0.15) is 18.0 Å². The van der Waals surface area contributed by atoms with Crippen LogP contribution in [0, 0.1) is 0 Å². The van der Waals surface area contributed by atoms with Crippen molar-refractivity contribution in [3.63, 3.8) is 0 Å². The van der Waals surface area contributed by atoms with Gasteiger partial charge in [0.05, 0.1) is 12.0 Å². The zero-order valence-electron chi connectivity index (χ0n) is 13.1. The van der Waals surface area contributed by atoms with Crippen LogP contribution in [0.2, 0.25) is 0 Å². The second kappa shape index (κ2) is 6.50. The molecule has 1 fully saturated rings. The van der Waals surface area contributed by atoms with Crippen molar-refractivity contribution in [2.75, 3.05) is 7.05 Å². The van der Waals surface area contributed by atoms with Crippen LogP contribution in [0.25, 0.3) is 0 Å². The Balaban J connectivity index is 1.59. The molecule has 1 aromatic heterocycles. The van der Waals surface area contributed by atoms with Crippen LogP contribution < -0.4 is 4.74 Å². The second-order valence-electron chi connectivity index (χ2n) is 6.05. The molecule has 0 bridgehead atoms. The molecule has 0 aliphatic heterocycles. The van der Waals surface area contributed by atoms with Crippen molar-refractivity contribution in [3.05, 3.63) is 48.5 Å². The molecule has 2 aromatic rings. The number of para-hydroxylation sites is 1. The quantitative estimate of drug-likeness (QED) is 0.915. The molecule has 0 unspecified atom stereocenters. The third-order valence-corrected chi connectivity index (χ3v) is 4.29. The topological polar surface area (TPSA) is 50.5 Å². The van der Waals surface area contributed by atoms with Crippen LogP contribution in [-0.2, 0) is 13.6 Å². The number of rotatable bonds is 5. The van der Waals surface area contributed by atoms with Gasteiger partial charge in [-0.25, -0.2) is 4.98 Å². The number of aromatic nitrogens is 2. The lowest BCUT2D eigenvalue weighted by atomic mass is 10.1. The summed E-state index contributed by atoms with van der Waals surface area (Å²) in [7, 11) is 4.00. The van der Waals surface area contributed by atoms with Gasteiger partial charge in [-0.2, -0.15) is 0 Å². The van der Waals surface area contributed by atoms with Crippen LogP contribution in [0.5, 0.6) is 5.75 Å². The van der Waals surface area contributed by atoms with Gasteiger partial charge in [0.25, 0.3) is 0 Å². The highest BCUT2D eigenvalue weighted by molar-refractivity contribution is 5.21. The predicted molar refractivity (Wildman–Crippen MR) is 84.6 cm³/mol. The Bertz CT molecular complexity index is 599. The third-order valence-electron chi connectivity index (χ3n) is 4.29. The molecule has 5 heteroatoms. The van der Waals surface area contributed by atoms with E-state index in [2.05, 4.69) is 9.88 Å². The maximum Gasteiger partial charge on any atom is 0.126 e. The molecule has 0 saturated heterocycles.